The molecule has 1 aromatic rings. The van der Waals surface area contributed by atoms with E-state index in [1.807, 2.05) is 0 Å². The summed E-state index contributed by atoms with van der Waals surface area (Å²) in [5.41, 5.74) is 6.84. The summed E-state index contributed by atoms with van der Waals surface area (Å²) >= 11 is 0. The van der Waals surface area contributed by atoms with E-state index in [2.05, 4.69) is 17.1 Å². The number of benzene rings is 1. The summed E-state index contributed by atoms with van der Waals surface area (Å²) in [6, 6.07) is 5.30. The molecule has 1 atom stereocenters. The molecule has 3 N–H and O–H groups in total. The third-order valence-electron chi connectivity index (χ3n) is 3.81. The average Bonchev–Trinajstić information content (AvgIpc) is 2.35. The summed E-state index contributed by atoms with van der Waals surface area (Å²) < 4.78 is 13.2. The van der Waals surface area contributed by atoms with Gasteiger partial charge in [0.1, 0.15) is 5.82 Å². The highest BCUT2D eigenvalue weighted by molar-refractivity contribution is 5.54. The van der Waals surface area contributed by atoms with Gasteiger partial charge in [-0.1, -0.05) is 6.42 Å². The molecule has 0 bridgehead atoms. The predicted octanol–water partition coefficient (Wildman–Crippen LogP) is 3.08. The van der Waals surface area contributed by atoms with Crippen LogP contribution in [0.5, 0.6) is 0 Å². The van der Waals surface area contributed by atoms with Crippen molar-refractivity contribution in [3.63, 3.8) is 0 Å². The second-order valence-corrected chi connectivity index (χ2v) is 5.43. The maximum absolute atomic E-state index is 13.2. The molecule has 0 saturated carbocycles. The first-order valence-corrected chi connectivity index (χ1v) is 7.19. The highest BCUT2D eigenvalue weighted by atomic mass is 19.1. The Morgan fingerprint density at radius 3 is 2.95 bits per heavy atom. The van der Waals surface area contributed by atoms with Gasteiger partial charge in [0.15, 0.2) is 0 Å². The van der Waals surface area contributed by atoms with Gasteiger partial charge in [0.05, 0.1) is 0 Å². The third kappa shape index (κ3) is 4.39. The number of nitrogens with zero attached hydrogens (tertiary/aromatic N) is 1. The molecule has 0 aromatic heterocycles. The molecule has 106 valence electrons. The van der Waals surface area contributed by atoms with Gasteiger partial charge in [-0.3, -0.25) is 0 Å². The van der Waals surface area contributed by atoms with Crippen molar-refractivity contribution in [1.82, 2.24) is 4.90 Å². The third-order valence-corrected chi connectivity index (χ3v) is 3.81. The number of hydrogen-bond acceptors (Lipinski definition) is 3. The second kappa shape index (κ2) is 6.75. The van der Waals surface area contributed by atoms with E-state index in [1.165, 1.54) is 37.9 Å². The number of halogens is 1. The fourth-order valence-electron chi connectivity index (χ4n) is 2.72. The highest BCUT2D eigenvalue weighted by Gasteiger charge is 2.16. The number of nitrogens with two attached hydrogens (primary N) is 1. The van der Waals surface area contributed by atoms with Crippen molar-refractivity contribution < 1.29 is 4.39 Å². The lowest BCUT2D eigenvalue weighted by molar-refractivity contribution is 0.160. The molecule has 0 amide bonds. The van der Waals surface area contributed by atoms with E-state index in [-0.39, 0.29) is 5.82 Å². The van der Waals surface area contributed by atoms with Gasteiger partial charge in [-0.2, -0.15) is 0 Å². The van der Waals surface area contributed by atoms with Crippen LogP contribution in [0, 0.1) is 5.82 Å². The molecule has 0 spiro atoms. The quantitative estimate of drug-likeness (QED) is 0.635. The molecule has 1 fully saturated rings. The minimum atomic E-state index is -0.285. The van der Waals surface area contributed by atoms with Gasteiger partial charge in [0.2, 0.25) is 0 Å². The maximum atomic E-state index is 13.2. The van der Waals surface area contributed by atoms with Gasteiger partial charge >= 0.3 is 0 Å². The Bertz CT molecular complexity index is 388. The summed E-state index contributed by atoms with van der Waals surface area (Å²) in [4.78, 5) is 2.55. The van der Waals surface area contributed by atoms with Crippen LogP contribution < -0.4 is 11.1 Å². The Labute approximate surface area is 115 Å². The van der Waals surface area contributed by atoms with Crippen LogP contribution in [0.3, 0.4) is 0 Å². The molecule has 2 rings (SSSR count). The predicted molar refractivity (Wildman–Crippen MR) is 78.8 cm³/mol. The molecule has 0 radical (unpaired) electrons. The molecule has 1 aliphatic heterocycles. The molecule has 1 unspecified atom stereocenters. The standard InChI is InChI=1S/C15H24FN3/c1-12-5-2-3-7-19(12)8-4-6-18-15-10-13(16)9-14(17)11-15/h9-12,18H,2-8,17H2,1H3. The largest absolute Gasteiger partial charge is 0.399 e. The van der Waals surface area contributed by atoms with E-state index in [0.717, 1.165) is 25.2 Å². The summed E-state index contributed by atoms with van der Waals surface area (Å²) in [7, 11) is 0. The topological polar surface area (TPSA) is 41.3 Å². The Morgan fingerprint density at radius 1 is 1.37 bits per heavy atom. The van der Waals surface area contributed by atoms with Crippen molar-refractivity contribution in [3.05, 3.63) is 24.0 Å². The lowest BCUT2D eigenvalue weighted by Gasteiger charge is -2.33. The number of likely N-dealkylation sites (tertiary alicyclic amines) is 1. The van der Waals surface area contributed by atoms with Crippen LogP contribution in [0.25, 0.3) is 0 Å². The molecule has 1 heterocycles. The zero-order valence-electron chi connectivity index (χ0n) is 11.7. The highest BCUT2D eigenvalue weighted by Crippen LogP contribution is 2.17. The molecule has 1 aliphatic rings. The lowest BCUT2D eigenvalue weighted by atomic mass is 10.0. The molecule has 3 nitrogen and oxygen atoms in total. The summed E-state index contributed by atoms with van der Waals surface area (Å²) in [5.74, 6) is -0.285. The minimum Gasteiger partial charge on any atom is -0.399 e. The monoisotopic (exact) mass is 265 g/mol. The SMILES string of the molecule is CC1CCCCN1CCCNc1cc(N)cc(F)c1. The molecule has 4 heteroatoms. The molecule has 1 aromatic carbocycles. The van der Waals surface area contributed by atoms with Gasteiger partial charge < -0.3 is 16.0 Å². The van der Waals surface area contributed by atoms with E-state index in [9.17, 15) is 4.39 Å². The molecule has 1 saturated heterocycles. The fraction of sp³-hybridized carbons (Fsp3) is 0.600. The van der Waals surface area contributed by atoms with Crippen molar-refractivity contribution >= 4 is 11.4 Å². The van der Waals surface area contributed by atoms with Gasteiger partial charge in [-0.25, -0.2) is 4.39 Å². The number of piperidine rings is 1. The summed E-state index contributed by atoms with van der Waals surface area (Å²) in [6.07, 6.45) is 5.06. The van der Waals surface area contributed by atoms with E-state index in [1.54, 1.807) is 6.07 Å². The van der Waals surface area contributed by atoms with Gasteiger partial charge in [0.25, 0.3) is 0 Å². The molecule has 0 aliphatic carbocycles. The van der Waals surface area contributed by atoms with Crippen molar-refractivity contribution in [2.45, 2.75) is 38.6 Å². The molecular formula is C15H24FN3. The maximum Gasteiger partial charge on any atom is 0.127 e. The zero-order chi connectivity index (χ0) is 13.7. The number of hydrogen-bond donors (Lipinski definition) is 2. The average molecular weight is 265 g/mol. The van der Waals surface area contributed by atoms with Crippen LogP contribution in [0.1, 0.15) is 32.6 Å². The normalized spacial score (nSPS) is 20.4. The first-order valence-electron chi connectivity index (χ1n) is 7.19. The van der Waals surface area contributed by atoms with Crippen LogP contribution in [0.4, 0.5) is 15.8 Å². The fourth-order valence-corrected chi connectivity index (χ4v) is 2.72. The van der Waals surface area contributed by atoms with E-state index in [4.69, 9.17) is 5.73 Å². The minimum absolute atomic E-state index is 0.285. The number of nitrogens with one attached hydrogen (secondary N) is 1. The van der Waals surface area contributed by atoms with Gasteiger partial charge in [0, 0.05) is 30.5 Å². The molecular weight excluding hydrogens is 241 g/mol. The number of rotatable bonds is 5. The van der Waals surface area contributed by atoms with Crippen LogP contribution >= 0.6 is 0 Å². The Hall–Kier alpha value is -1.29. The van der Waals surface area contributed by atoms with E-state index in [0.29, 0.717) is 11.7 Å². The first kappa shape index (κ1) is 14.1. The second-order valence-electron chi connectivity index (χ2n) is 5.43. The summed E-state index contributed by atoms with van der Waals surface area (Å²) in [5, 5.41) is 3.23. The lowest BCUT2D eigenvalue weighted by Crippen LogP contribution is -2.38. The smallest absolute Gasteiger partial charge is 0.127 e. The van der Waals surface area contributed by atoms with Crippen molar-refractivity contribution in [3.8, 4) is 0 Å². The van der Waals surface area contributed by atoms with E-state index < -0.39 is 0 Å². The number of nitrogen functional groups attached to an aromatic ring is 1. The van der Waals surface area contributed by atoms with Crippen LogP contribution in [0.15, 0.2) is 18.2 Å². The van der Waals surface area contributed by atoms with Crippen LogP contribution in [0.2, 0.25) is 0 Å². The zero-order valence-corrected chi connectivity index (χ0v) is 11.7. The van der Waals surface area contributed by atoms with Crippen molar-refractivity contribution in [2.24, 2.45) is 0 Å². The van der Waals surface area contributed by atoms with Crippen LogP contribution in [-0.2, 0) is 0 Å². The first-order chi connectivity index (χ1) is 9.15. The Balaban J connectivity index is 1.71. The number of anilines is 2. The van der Waals surface area contributed by atoms with Crippen molar-refractivity contribution in [2.75, 3.05) is 30.7 Å². The van der Waals surface area contributed by atoms with Crippen LogP contribution in [-0.4, -0.2) is 30.6 Å². The van der Waals surface area contributed by atoms with Gasteiger partial charge in [-0.15, -0.1) is 0 Å². The Kier molecular flexibility index (Phi) is 5.02. The van der Waals surface area contributed by atoms with Gasteiger partial charge in [-0.05, 0) is 50.9 Å². The van der Waals surface area contributed by atoms with Crippen molar-refractivity contribution in [1.29, 1.82) is 0 Å². The summed E-state index contributed by atoms with van der Waals surface area (Å²) in [6.45, 7) is 5.49. The van der Waals surface area contributed by atoms with E-state index >= 15 is 0 Å². The Morgan fingerprint density at radius 2 is 2.21 bits per heavy atom. The molecule has 19 heavy (non-hydrogen) atoms.